The average molecular weight is 435 g/mol. The summed E-state index contributed by atoms with van der Waals surface area (Å²) in [6.45, 7) is 5.79. The van der Waals surface area contributed by atoms with Gasteiger partial charge < -0.3 is 24.7 Å². The molecule has 1 saturated carbocycles. The molecule has 8 nitrogen and oxygen atoms in total. The van der Waals surface area contributed by atoms with Gasteiger partial charge in [-0.25, -0.2) is 0 Å². The van der Waals surface area contributed by atoms with E-state index in [9.17, 15) is 24.6 Å². The van der Waals surface area contributed by atoms with Crippen LogP contribution in [0.25, 0.3) is 0 Å². The van der Waals surface area contributed by atoms with Crippen LogP contribution in [-0.4, -0.2) is 80.8 Å². The molecule has 172 valence electrons. The molecule has 3 heterocycles. The summed E-state index contributed by atoms with van der Waals surface area (Å²) in [5, 5.41) is 19.9. The van der Waals surface area contributed by atoms with Gasteiger partial charge in [0.15, 0.2) is 0 Å². The predicted molar refractivity (Wildman–Crippen MR) is 112 cm³/mol. The van der Waals surface area contributed by atoms with E-state index in [1.807, 2.05) is 11.8 Å². The van der Waals surface area contributed by atoms with E-state index in [1.165, 1.54) is 4.90 Å². The van der Waals surface area contributed by atoms with Crippen molar-refractivity contribution >= 4 is 17.8 Å². The number of nitrogens with zero attached hydrogens (tertiary/aromatic N) is 2. The van der Waals surface area contributed by atoms with E-state index in [0.717, 1.165) is 32.1 Å². The molecule has 4 rings (SSSR count). The van der Waals surface area contributed by atoms with E-state index >= 15 is 0 Å². The van der Waals surface area contributed by atoms with Crippen LogP contribution in [0.1, 0.15) is 58.3 Å². The summed E-state index contributed by atoms with van der Waals surface area (Å²) in [6, 6.07) is -1.37. The summed E-state index contributed by atoms with van der Waals surface area (Å²) in [4.78, 5) is 43.0. The van der Waals surface area contributed by atoms with Gasteiger partial charge in [0.25, 0.3) is 0 Å². The Hall–Kier alpha value is -1.93. The third-order valence-electron chi connectivity index (χ3n) is 7.96. The Morgan fingerprint density at radius 2 is 2.03 bits per heavy atom. The van der Waals surface area contributed by atoms with Crippen LogP contribution in [0.15, 0.2) is 12.7 Å². The monoisotopic (exact) mass is 434 g/mol. The van der Waals surface area contributed by atoms with Gasteiger partial charge >= 0.3 is 5.97 Å². The first-order chi connectivity index (χ1) is 14.9. The highest BCUT2D eigenvalue weighted by atomic mass is 16.5. The van der Waals surface area contributed by atoms with E-state index in [2.05, 4.69) is 6.58 Å². The Labute approximate surface area is 183 Å². The van der Waals surface area contributed by atoms with Crippen LogP contribution in [0.5, 0.6) is 0 Å². The van der Waals surface area contributed by atoms with Gasteiger partial charge in [0, 0.05) is 12.6 Å². The summed E-state index contributed by atoms with van der Waals surface area (Å²) in [5.74, 6) is -3.43. The van der Waals surface area contributed by atoms with Crippen molar-refractivity contribution in [3.63, 3.8) is 0 Å². The number of ether oxygens (including phenoxy) is 1. The molecule has 0 aromatic heterocycles. The van der Waals surface area contributed by atoms with Crippen molar-refractivity contribution in [1.82, 2.24) is 9.80 Å². The molecular formula is C23H34N2O6. The van der Waals surface area contributed by atoms with Gasteiger partial charge in [-0.05, 0) is 32.1 Å². The van der Waals surface area contributed by atoms with Crippen molar-refractivity contribution in [3.05, 3.63) is 12.7 Å². The number of carboxylic acid groups (broad SMARTS) is 1. The molecule has 2 N–H and O–H groups in total. The zero-order valence-electron chi connectivity index (χ0n) is 18.2. The smallest absolute Gasteiger partial charge is 0.310 e. The Morgan fingerprint density at radius 3 is 2.61 bits per heavy atom. The number of carboxylic acids is 1. The van der Waals surface area contributed by atoms with E-state index < -0.39 is 41.6 Å². The number of aliphatic carboxylic acids is 1. The number of carbonyl (C=O) groups excluding carboxylic acids is 2. The summed E-state index contributed by atoms with van der Waals surface area (Å²) >= 11 is 0. The number of rotatable bonds is 8. The lowest BCUT2D eigenvalue weighted by atomic mass is 9.70. The van der Waals surface area contributed by atoms with Crippen LogP contribution in [0.2, 0.25) is 0 Å². The second kappa shape index (κ2) is 8.54. The standard InChI is InChI=1S/C23H34N2O6/c1-3-12-24(15-8-6-5-7-9-15)21(28)19-23-11-10-16(31-23)17(22(29)30)18(23)20(27)25(19)14(4-2)13-26/h3,14-19,26H,1,4-13H2,2H3,(H,29,30)/t14-,16-,17+,18-,19?,23?/m0/s1. The summed E-state index contributed by atoms with van der Waals surface area (Å²) < 4.78 is 6.25. The predicted octanol–water partition coefficient (Wildman–Crippen LogP) is 1.56. The highest BCUT2D eigenvalue weighted by Gasteiger charge is 2.75. The highest BCUT2D eigenvalue weighted by Crippen LogP contribution is 2.59. The van der Waals surface area contributed by atoms with Crippen molar-refractivity contribution in [2.45, 2.75) is 88.1 Å². The number of likely N-dealkylation sites (tertiary alicyclic amines) is 1. The molecule has 0 radical (unpaired) electrons. The Bertz CT molecular complexity index is 746. The largest absolute Gasteiger partial charge is 0.481 e. The number of aliphatic hydroxyl groups is 1. The lowest BCUT2D eigenvalue weighted by Crippen LogP contribution is -2.60. The first-order valence-electron chi connectivity index (χ1n) is 11.7. The third kappa shape index (κ3) is 3.30. The molecule has 2 amide bonds. The molecule has 0 aromatic carbocycles. The average Bonchev–Trinajstić information content (AvgIpc) is 3.41. The fourth-order valence-electron chi connectivity index (χ4n) is 6.57. The van der Waals surface area contributed by atoms with Crippen LogP contribution >= 0.6 is 0 Å². The maximum Gasteiger partial charge on any atom is 0.310 e. The molecule has 3 saturated heterocycles. The Morgan fingerprint density at radius 1 is 1.32 bits per heavy atom. The van der Waals surface area contributed by atoms with Gasteiger partial charge in [0.2, 0.25) is 11.8 Å². The van der Waals surface area contributed by atoms with Crippen molar-refractivity contribution in [2.24, 2.45) is 11.8 Å². The van der Waals surface area contributed by atoms with Crippen molar-refractivity contribution in [1.29, 1.82) is 0 Å². The van der Waals surface area contributed by atoms with Crippen LogP contribution in [0.3, 0.4) is 0 Å². The number of amides is 2. The van der Waals surface area contributed by atoms with E-state index in [-0.39, 0.29) is 24.5 Å². The van der Waals surface area contributed by atoms with Gasteiger partial charge in [-0.15, -0.1) is 6.58 Å². The van der Waals surface area contributed by atoms with Crippen LogP contribution in [0, 0.1) is 11.8 Å². The second-order valence-corrected chi connectivity index (χ2v) is 9.46. The minimum atomic E-state index is -1.13. The minimum Gasteiger partial charge on any atom is -0.481 e. The molecule has 2 unspecified atom stereocenters. The molecule has 31 heavy (non-hydrogen) atoms. The van der Waals surface area contributed by atoms with Crippen LogP contribution in [0.4, 0.5) is 0 Å². The first-order valence-corrected chi connectivity index (χ1v) is 11.7. The molecule has 4 aliphatic rings. The zero-order valence-corrected chi connectivity index (χ0v) is 18.2. The Balaban J connectivity index is 1.76. The molecule has 1 aliphatic carbocycles. The first kappa shape index (κ1) is 22.3. The van der Waals surface area contributed by atoms with E-state index in [1.54, 1.807) is 6.08 Å². The normalized spacial score (nSPS) is 35.8. The third-order valence-corrected chi connectivity index (χ3v) is 7.96. The molecule has 0 aromatic rings. The summed E-state index contributed by atoms with van der Waals surface area (Å²) in [6.07, 6.45) is 7.74. The topological polar surface area (TPSA) is 107 Å². The van der Waals surface area contributed by atoms with Crippen LogP contribution in [-0.2, 0) is 19.1 Å². The van der Waals surface area contributed by atoms with Gasteiger partial charge in [-0.3, -0.25) is 14.4 Å². The number of aliphatic hydroxyl groups excluding tert-OH is 1. The van der Waals surface area contributed by atoms with E-state index in [4.69, 9.17) is 4.74 Å². The van der Waals surface area contributed by atoms with Gasteiger partial charge in [0.05, 0.1) is 30.6 Å². The number of hydrogen-bond donors (Lipinski definition) is 2. The van der Waals surface area contributed by atoms with Gasteiger partial charge in [-0.1, -0.05) is 32.3 Å². The molecule has 8 heteroatoms. The van der Waals surface area contributed by atoms with Crippen molar-refractivity contribution in [2.75, 3.05) is 13.2 Å². The highest BCUT2D eigenvalue weighted by molar-refractivity contribution is 5.98. The maximum absolute atomic E-state index is 14.1. The maximum atomic E-state index is 14.1. The molecule has 1 spiro atoms. The minimum absolute atomic E-state index is 0.0785. The Kier molecular flexibility index (Phi) is 6.14. The van der Waals surface area contributed by atoms with Gasteiger partial charge in [-0.2, -0.15) is 0 Å². The molecule has 4 fully saturated rings. The van der Waals surface area contributed by atoms with Crippen molar-refractivity contribution in [3.8, 4) is 0 Å². The lowest BCUT2D eigenvalue weighted by molar-refractivity contribution is -0.154. The summed E-state index contributed by atoms with van der Waals surface area (Å²) in [7, 11) is 0. The number of fused-ring (bicyclic) bond motifs is 1. The number of hydrogen-bond acceptors (Lipinski definition) is 5. The second-order valence-electron chi connectivity index (χ2n) is 9.46. The molecule has 2 bridgehead atoms. The van der Waals surface area contributed by atoms with Gasteiger partial charge in [0.1, 0.15) is 11.6 Å². The fraction of sp³-hybridized carbons (Fsp3) is 0.783. The zero-order chi connectivity index (χ0) is 22.3. The van der Waals surface area contributed by atoms with Crippen molar-refractivity contribution < 1.29 is 29.3 Å². The molecule has 3 aliphatic heterocycles. The fourth-order valence-corrected chi connectivity index (χ4v) is 6.57. The lowest BCUT2D eigenvalue weighted by Gasteiger charge is -2.42. The summed E-state index contributed by atoms with van der Waals surface area (Å²) in [5.41, 5.74) is -1.13. The SMILES string of the molecule is C=CCN(C(=O)C1N([C@@H](CC)CO)C(=O)[C@@H]2[C@H](C(=O)O)[C@@H]3CCC12O3)C1CCCCC1. The van der Waals surface area contributed by atoms with E-state index in [0.29, 0.717) is 25.8 Å². The number of carbonyl (C=O) groups is 3. The molecule has 6 atom stereocenters. The van der Waals surface area contributed by atoms with Crippen LogP contribution < -0.4 is 0 Å². The quantitative estimate of drug-likeness (QED) is 0.562. The molecular weight excluding hydrogens is 400 g/mol.